The van der Waals surface area contributed by atoms with Crippen LogP contribution >= 0.6 is 0 Å². The molecule has 0 aliphatic carbocycles. The van der Waals surface area contributed by atoms with Gasteiger partial charge in [0.1, 0.15) is 17.9 Å². The van der Waals surface area contributed by atoms with E-state index in [4.69, 9.17) is 4.74 Å². The third-order valence-electron chi connectivity index (χ3n) is 3.91. The van der Waals surface area contributed by atoms with Gasteiger partial charge in [0.25, 0.3) is 0 Å². The number of ether oxygens (including phenoxy) is 1. The van der Waals surface area contributed by atoms with Crippen LogP contribution in [-0.4, -0.2) is 27.6 Å². The van der Waals surface area contributed by atoms with Gasteiger partial charge in [0.05, 0.1) is 11.8 Å². The zero-order valence-electron chi connectivity index (χ0n) is 15.4. The summed E-state index contributed by atoms with van der Waals surface area (Å²) in [6.07, 6.45) is 4.43. The molecule has 0 bridgehead atoms. The Kier molecular flexibility index (Phi) is 5.79. The van der Waals surface area contributed by atoms with Crippen LogP contribution in [0.5, 0.6) is 5.75 Å². The SMILES string of the molecule is Cc1ccc(-c2cc(NCCc3ccccc3OC(C)C)ncn2)cn1. The van der Waals surface area contributed by atoms with E-state index in [9.17, 15) is 0 Å². The first-order valence-electron chi connectivity index (χ1n) is 8.85. The van der Waals surface area contributed by atoms with Gasteiger partial charge in [-0.1, -0.05) is 18.2 Å². The Bertz CT molecular complexity index is 847. The second-order valence-corrected chi connectivity index (χ2v) is 6.43. The molecule has 0 aliphatic rings. The smallest absolute Gasteiger partial charge is 0.129 e. The van der Waals surface area contributed by atoms with Crippen LogP contribution in [0, 0.1) is 6.92 Å². The number of para-hydroxylation sites is 1. The number of aromatic nitrogens is 3. The molecular weight excluding hydrogens is 324 g/mol. The summed E-state index contributed by atoms with van der Waals surface area (Å²) in [6.45, 7) is 6.81. The van der Waals surface area contributed by atoms with Crippen molar-refractivity contribution in [1.82, 2.24) is 15.0 Å². The van der Waals surface area contributed by atoms with Gasteiger partial charge in [0.2, 0.25) is 0 Å². The Balaban J connectivity index is 1.64. The predicted octanol–water partition coefficient (Wildman–Crippen LogP) is 4.29. The third-order valence-corrected chi connectivity index (χ3v) is 3.91. The lowest BCUT2D eigenvalue weighted by molar-refractivity contribution is 0.240. The van der Waals surface area contributed by atoms with Gasteiger partial charge in [-0.25, -0.2) is 9.97 Å². The molecule has 5 heteroatoms. The highest BCUT2D eigenvalue weighted by Gasteiger charge is 2.06. The van der Waals surface area contributed by atoms with Crippen molar-refractivity contribution in [2.75, 3.05) is 11.9 Å². The van der Waals surface area contributed by atoms with Crippen LogP contribution in [0.1, 0.15) is 25.1 Å². The van der Waals surface area contributed by atoms with Crippen LogP contribution in [-0.2, 0) is 6.42 Å². The van der Waals surface area contributed by atoms with E-state index < -0.39 is 0 Å². The van der Waals surface area contributed by atoms with Crippen molar-refractivity contribution in [1.29, 1.82) is 0 Å². The highest BCUT2D eigenvalue weighted by molar-refractivity contribution is 5.61. The molecule has 1 aromatic carbocycles. The predicted molar refractivity (Wildman–Crippen MR) is 104 cm³/mol. The Hall–Kier alpha value is -2.95. The second kappa shape index (κ2) is 8.43. The maximum atomic E-state index is 5.87. The summed E-state index contributed by atoms with van der Waals surface area (Å²) >= 11 is 0. The number of hydrogen-bond donors (Lipinski definition) is 1. The zero-order valence-corrected chi connectivity index (χ0v) is 15.4. The zero-order chi connectivity index (χ0) is 18.4. The molecule has 0 unspecified atom stereocenters. The van der Waals surface area contributed by atoms with Crippen LogP contribution < -0.4 is 10.1 Å². The summed E-state index contributed by atoms with van der Waals surface area (Å²) in [5.74, 6) is 1.75. The van der Waals surface area contributed by atoms with Crippen LogP contribution in [0.2, 0.25) is 0 Å². The summed E-state index contributed by atoms with van der Waals surface area (Å²) < 4.78 is 5.87. The van der Waals surface area contributed by atoms with Gasteiger partial charge in [-0.3, -0.25) is 4.98 Å². The molecule has 0 aliphatic heterocycles. The fourth-order valence-electron chi connectivity index (χ4n) is 2.64. The summed E-state index contributed by atoms with van der Waals surface area (Å²) in [5.41, 5.74) is 4.02. The summed E-state index contributed by atoms with van der Waals surface area (Å²) in [7, 11) is 0. The first-order chi connectivity index (χ1) is 12.6. The van der Waals surface area contributed by atoms with Crippen LogP contribution in [0.25, 0.3) is 11.3 Å². The molecule has 0 saturated carbocycles. The molecule has 2 aromatic heterocycles. The van der Waals surface area contributed by atoms with Gasteiger partial charge in [-0.15, -0.1) is 0 Å². The number of aryl methyl sites for hydroxylation is 1. The first kappa shape index (κ1) is 17.9. The molecule has 0 radical (unpaired) electrons. The molecule has 3 rings (SSSR count). The molecule has 0 saturated heterocycles. The molecule has 3 aromatic rings. The van der Waals surface area contributed by atoms with Crippen LogP contribution in [0.15, 0.2) is 55.0 Å². The topological polar surface area (TPSA) is 59.9 Å². The van der Waals surface area contributed by atoms with Crippen LogP contribution in [0.4, 0.5) is 5.82 Å². The van der Waals surface area contributed by atoms with E-state index in [2.05, 4.69) is 26.3 Å². The van der Waals surface area contributed by atoms with E-state index in [1.807, 2.05) is 63.4 Å². The largest absolute Gasteiger partial charge is 0.491 e. The molecule has 0 fully saturated rings. The van der Waals surface area contributed by atoms with Gasteiger partial charge >= 0.3 is 0 Å². The minimum absolute atomic E-state index is 0.164. The van der Waals surface area contributed by atoms with Gasteiger partial charge in [0, 0.05) is 30.1 Å². The van der Waals surface area contributed by atoms with Crippen molar-refractivity contribution in [3.63, 3.8) is 0 Å². The molecule has 26 heavy (non-hydrogen) atoms. The number of pyridine rings is 1. The van der Waals surface area contributed by atoms with Crippen molar-refractivity contribution in [3.8, 4) is 17.0 Å². The lowest BCUT2D eigenvalue weighted by atomic mass is 10.1. The van der Waals surface area contributed by atoms with Gasteiger partial charge in [0.15, 0.2) is 0 Å². The number of anilines is 1. The monoisotopic (exact) mass is 348 g/mol. The van der Waals surface area contributed by atoms with Gasteiger partial charge in [-0.05, 0) is 51.0 Å². The van der Waals surface area contributed by atoms with E-state index in [-0.39, 0.29) is 6.10 Å². The summed E-state index contributed by atoms with van der Waals surface area (Å²) in [5, 5.41) is 3.37. The number of rotatable bonds is 7. The van der Waals surface area contributed by atoms with Crippen LogP contribution in [0.3, 0.4) is 0 Å². The van der Waals surface area contributed by atoms with E-state index in [1.165, 1.54) is 5.56 Å². The van der Waals surface area contributed by atoms with Gasteiger partial charge in [-0.2, -0.15) is 0 Å². The second-order valence-electron chi connectivity index (χ2n) is 6.43. The normalized spacial score (nSPS) is 10.8. The molecule has 1 N–H and O–H groups in total. The number of nitrogens with zero attached hydrogens (tertiary/aromatic N) is 3. The quantitative estimate of drug-likeness (QED) is 0.690. The molecule has 5 nitrogen and oxygen atoms in total. The number of benzene rings is 1. The number of hydrogen-bond acceptors (Lipinski definition) is 5. The lowest BCUT2D eigenvalue weighted by Crippen LogP contribution is -2.10. The van der Waals surface area contributed by atoms with Gasteiger partial charge < -0.3 is 10.1 Å². The fourth-order valence-corrected chi connectivity index (χ4v) is 2.64. The molecule has 0 amide bonds. The number of nitrogens with one attached hydrogen (secondary N) is 1. The van der Waals surface area contributed by atoms with E-state index in [1.54, 1.807) is 6.33 Å². The minimum atomic E-state index is 0.164. The van der Waals surface area contributed by atoms with E-state index in [0.717, 1.165) is 41.5 Å². The Morgan fingerprint density at radius 3 is 2.65 bits per heavy atom. The van der Waals surface area contributed by atoms with Crippen molar-refractivity contribution in [3.05, 3.63) is 66.2 Å². The maximum absolute atomic E-state index is 5.87. The fraction of sp³-hybridized carbons (Fsp3) is 0.286. The molecule has 0 spiro atoms. The van der Waals surface area contributed by atoms with E-state index in [0.29, 0.717) is 0 Å². The minimum Gasteiger partial charge on any atom is -0.491 e. The third kappa shape index (κ3) is 4.79. The standard InChI is InChI=1S/C21H24N4O/c1-15(2)26-20-7-5-4-6-17(20)10-11-22-21-12-19(24-14-25-21)18-9-8-16(3)23-13-18/h4-9,12-15H,10-11H2,1-3H3,(H,22,24,25). The lowest BCUT2D eigenvalue weighted by Gasteiger charge is -2.14. The van der Waals surface area contributed by atoms with Crippen molar-refractivity contribution in [2.45, 2.75) is 33.3 Å². The Morgan fingerprint density at radius 2 is 1.88 bits per heavy atom. The highest BCUT2D eigenvalue weighted by atomic mass is 16.5. The van der Waals surface area contributed by atoms with Crippen molar-refractivity contribution < 1.29 is 4.74 Å². The summed E-state index contributed by atoms with van der Waals surface area (Å²) in [6, 6.07) is 14.1. The van der Waals surface area contributed by atoms with E-state index >= 15 is 0 Å². The van der Waals surface area contributed by atoms with Crippen molar-refractivity contribution in [2.24, 2.45) is 0 Å². The highest BCUT2D eigenvalue weighted by Crippen LogP contribution is 2.21. The Labute approximate surface area is 154 Å². The molecule has 134 valence electrons. The average molecular weight is 348 g/mol. The Morgan fingerprint density at radius 1 is 1.04 bits per heavy atom. The maximum Gasteiger partial charge on any atom is 0.129 e. The summed E-state index contributed by atoms with van der Waals surface area (Å²) in [4.78, 5) is 13.0. The molecular formula is C21H24N4O. The first-order valence-corrected chi connectivity index (χ1v) is 8.85. The average Bonchev–Trinajstić information content (AvgIpc) is 2.64. The molecule has 0 atom stereocenters. The molecule has 2 heterocycles. The van der Waals surface area contributed by atoms with Crippen molar-refractivity contribution >= 4 is 5.82 Å².